The van der Waals surface area contributed by atoms with Crippen LogP contribution in [0, 0.1) is 17.7 Å². The Kier molecular flexibility index (Phi) is 8.38. The number of likely N-dealkylation sites (tertiary alicyclic amines) is 1. The normalized spacial score (nSPS) is 27.8. The Hall–Kier alpha value is -3.18. The molecule has 4 atom stereocenters. The highest BCUT2D eigenvalue weighted by molar-refractivity contribution is 5.89. The van der Waals surface area contributed by atoms with E-state index in [1.54, 1.807) is 13.0 Å². The molecule has 1 aliphatic carbocycles. The Morgan fingerprint density at radius 2 is 1.91 bits per heavy atom. The van der Waals surface area contributed by atoms with Crippen LogP contribution in [-0.4, -0.2) is 66.4 Å². The maximum Gasteiger partial charge on any atom is 0.416 e. The second-order valence-corrected chi connectivity index (χ2v) is 12.6. The fourth-order valence-electron chi connectivity index (χ4n) is 7.28. The lowest BCUT2D eigenvalue weighted by Crippen LogP contribution is -2.59. The quantitative estimate of drug-likeness (QED) is 0.286. The summed E-state index contributed by atoms with van der Waals surface area (Å²) in [6.07, 6.45) is -0.813. The van der Waals surface area contributed by atoms with Gasteiger partial charge in [0, 0.05) is 18.2 Å². The Morgan fingerprint density at radius 1 is 1.11 bits per heavy atom. The van der Waals surface area contributed by atoms with Crippen molar-refractivity contribution < 1.29 is 41.4 Å². The smallest absolute Gasteiger partial charge is 0.416 e. The molecule has 0 spiro atoms. The molecule has 2 saturated heterocycles. The summed E-state index contributed by atoms with van der Waals surface area (Å²) in [4.78, 5) is 30.0. The topological polar surface area (TPSA) is 68.3 Å². The first-order chi connectivity index (χ1) is 21.0. The Morgan fingerprint density at radius 3 is 2.57 bits per heavy atom. The van der Waals surface area contributed by atoms with E-state index in [4.69, 9.17) is 14.2 Å². The highest BCUT2D eigenvalue weighted by Gasteiger charge is 2.56. The molecule has 3 fully saturated rings. The summed E-state index contributed by atoms with van der Waals surface area (Å²) >= 11 is 0. The summed E-state index contributed by atoms with van der Waals surface area (Å²) in [6.45, 7) is 6.04. The number of rotatable bonds is 6. The van der Waals surface area contributed by atoms with Crippen LogP contribution < -0.4 is 4.74 Å². The molecule has 0 aromatic heterocycles. The van der Waals surface area contributed by atoms with Crippen LogP contribution in [-0.2, 0) is 27.0 Å². The molecule has 238 valence electrons. The molecule has 1 amide bonds. The number of ether oxygens (including phenoxy) is 3. The maximum absolute atomic E-state index is 14.4. The molecular weight excluding hydrogens is 580 g/mol. The summed E-state index contributed by atoms with van der Waals surface area (Å²) < 4.78 is 71.5. The zero-order valence-corrected chi connectivity index (χ0v) is 25.0. The minimum Gasteiger partial charge on any atom is -0.470 e. The first kappa shape index (κ1) is 30.8. The van der Waals surface area contributed by atoms with Gasteiger partial charge in [0.05, 0.1) is 30.9 Å². The third-order valence-electron chi connectivity index (χ3n) is 9.72. The molecule has 0 N–H and O–H groups in total. The number of fused-ring (bicyclic) bond motifs is 1. The third-order valence-corrected chi connectivity index (χ3v) is 9.72. The molecule has 11 heteroatoms. The van der Waals surface area contributed by atoms with Crippen molar-refractivity contribution in [1.29, 1.82) is 0 Å². The summed E-state index contributed by atoms with van der Waals surface area (Å²) in [5.74, 6) is -1.24. The van der Waals surface area contributed by atoms with E-state index in [9.17, 15) is 27.2 Å². The van der Waals surface area contributed by atoms with Gasteiger partial charge in [-0.3, -0.25) is 9.69 Å². The van der Waals surface area contributed by atoms with Gasteiger partial charge in [0.25, 0.3) is 5.91 Å². The molecule has 0 bridgehead atoms. The first-order valence-electron chi connectivity index (χ1n) is 15.5. The lowest BCUT2D eigenvalue weighted by Gasteiger charge is -2.47. The highest BCUT2D eigenvalue weighted by atomic mass is 19.4. The number of hydrogen-bond acceptors (Lipinski definition) is 6. The predicted octanol–water partition coefficient (Wildman–Crippen LogP) is 6.15. The molecule has 0 radical (unpaired) electrons. The van der Waals surface area contributed by atoms with Gasteiger partial charge in [-0.2, -0.15) is 13.2 Å². The van der Waals surface area contributed by atoms with Crippen molar-refractivity contribution in [2.45, 2.75) is 76.2 Å². The zero-order chi connectivity index (χ0) is 31.2. The number of piperidine rings is 1. The van der Waals surface area contributed by atoms with Gasteiger partial charge in [-0.05, 0) is 93.2 Å². The predicted molar refractivity (Wildman–Crippen MR) is 152 cm³/mol. The second kappa shape index (κ2) is 12.0. The number of halogens is 4. The van der Waals surface area contributed by atoms with Crippen LogP contribution in [0.2, 0.25) is 0 Å². The molecule has 0 unspecified atom stereocenters. The van der Waals surface area contributed by atoms with E-state index in [0.717, 1.165) is 50.4 Å². The number of carbonyl (C=O) groups excluding carboxylic acids is 2. The molecule has 44 heavy (non-hydrogen) atoms. The van der Waals surface area contributed by atoms with Crippen LogP contribution in [0.15, 0.2) is 36.4 Å². The van der Waals surface area contributed by atoms with Crippen molar-refractivity contribution in [2.75, 3.05) is 33.0 Å². The van der Waals surface area contributed by atoms with Crippen LogP contribution >= 0.6 is 0 Å². The van der Waals surface area contributed by atoms with E-state index >= 15 is 0 Å². The fraction of sp³-hybridized carbons (Fsp3) is 0.576. The van der Waals surface area contributed by atoms with Gasteiger partial charge in [-0.15, -0.1) is 0 Å². The molecule has 3 heterocycles. The van der Waals surface area contributed by atoms with Gasteiger partial charge in [0.15, 0.2) is 18.3 Å². The summed E-state index contributed by atoms with van der Waals surface area (Å²) in [5, 5.41) is 0. The zero-order valence-electron chi connectivity index (χ0n) is 25.0. The van der Waals surface area contributed by atoms with Crippen molar-refractivity contribution in [3.63, 3.8) is 0 Å². The van der Waals surface area contributed by atoms with Gasteiger partial charge in [0.1, 0.15) is 5.60 Å². The average molecular weight is 619 g/mol. The number of hydrogen-bond donors (Lipinski definition) is 0. The third kappa shape index (κ3) is 5.92. The standard InChI is InChI=1S/C33H38F4N2O5/c1-3-42-30(40)22-6-4-5-21(13-22)27-10-12-38(16-20(27)2)26-9-11-32(44-18-26,24-7-8-24)31(41)39-17-23-14-25(33(35,36)37)15-28(34)29(23)43-19-39/h4-6,13-15,20,24,26-27H,3,7-12,16-19H2,1-2H3/t20-,26+,27-,32-/m0/s1. The number of benzene rings is 2. The van der Waals surface area contributed by atoms with Crippen molar-refractivity contribution in [1.82, 2.24) is 9.80 Å². The molecule has 3 aliphatic heterocycles. The van der Waals surface area contributed by atoms with Crippen LogP contribution in [0.25, 0.3) is 0 Å². The Labute approximate surface area is 254 Å². The monoisotopic (exact) mass is 618 g/mol. The number of amides is 1. The molecule has 6 rings (SSSR count). The van der Waals surface area contributed by atoms with Gasteiger partial charge < -0.3 is 19.1 Å². The molecular formula is C33H38F4N2O5. The lowest BCUT2D eigenvalue weighted by atomic mass is 9.79. The molecule has 1 saturated carbocycles. The number of nitrogens with zero attached hydrogens (tertiary/aromatic N) is 2. The van der Waals surface area contributed by atoms with Gasteiger partial charge in [-0.1, -0.05) is 19.1 Å². The van der Waals surface area contributed by atoms with Crippen LogP contribution in [0.3, 0.4) is 0 Å². The largest absolute Gasteiger partial charge is 0.470 e. The molecule has 2 aromatic rings. The summed E-state index contributed by atoms with van der Waals surface area (Å²) in [5.41, 5.74) is -0.455. The Balaban J connectivity index is 1.10. The summed E-state index contributed by atoms with van der Waals surface area (Å²) in [6, 6.07) is 9.12. The highest BCUT2D eigenvalue weighted by Crippen LogP contribution is 2.49. The van der Waals surface area contributed by atoms with Crippen molar-refractivity contribution >= 4 is 11.9 Å². The second-order valence-electron chi connectivity index (χ2n) is 12.6. The van der Waals surface area contributed by atoms with E-state index in [0.29, 0.717) is 43.1 Å². The average Bonchev–Trinajstić information content (AvgIpc) is 3.86. The van der Waals surface area contributed by atoms with Crippen molar-refractivity contribution in [3.05, 3.63) is 64.5 Å². The van der Waals surface area contributed by atoms with Gasteiger partial charge in [-0.25, -0.2) is 9.18 Å². The number of esters is 1. The first-order valence-corrected chi connectivity index (χ1v) is 15.5. The molecule has 4 aliphatic rings. The summed E-state index contributed by atoms with van der Waals surface area (Å²) in [7, 11) is 0. The fourth-order valence-corrected chi connectivity index (χ4v) is 7.28. The van der Waals surface area contributed by atoms with E-state index in [1.807, 2.05) is 12.1 Å². The molecule has 2 aromatic carbocycles. The number of carbonyl (C=O) groups is 2. The van der Waals surface area contributed by atoms with E-state index in [2.05, 4.69) is 17.9 Å². The number of alkyl halides is 3. The van der Waals surface area contributed by atoms with Crippen molar-refractivity contribution in [2.24, 2.45) is 11.8 Å². The van der Waals surface area contributed by atoms with Crippen LogP contribution in [0.5, 0.6) is 5.75 Å². The van der Waals surface area contributed by atoms with E-state index in [-0.39, 0.29) is 48.4 Å². The van der Waals surface area contributed by atoms with Crippen LogP contribution in [0.4, 0.5) is 17.6 Å². The van der Waals surface area contributed by atoms with Gasteiger partial charge in [0.2, 0.25) is 0 Å². The van der Waals surface area contributed by atoms with Gasteiger partial charge >= 0.3 is 12.1 Å². The van der Waals surface area contributed by atoms with E-state index in [1.165, 1.54) is 4.90 Å². The van der Waals surface area contributed by atoms with Crippen molar-refractivity contribution in [3.8, 4) is 5.75 Å². The minimum absolute atomic E-state index is 0.00112. The molecule has 7 nitrogen and oxygen atoms in total. The van der Waals surface area contributed by atoms with Crippen LogP contribution in [0.1, 0.15) is 78.9 Å². The minimum atomic E-state index is -4.71. The maximum atomic E-state index is 14.4. The van der Waals surface area contributed by atoms with E-state index < -0.39 is 23.2 Å². The lowest BCUT2D eigenvalue weighted by molar-refractivity contribution is -0.180. The SMILES string of the molecule is CCOC(=O)c1cccc([C@H]2CCN([C@@H]3CC[C@@](C(=O)N4COc5c(F)cc(C(F)(F)F)cc5C4)(C4CC4)OC3)C[C@@H]2C)c1. The Bertz CT molecular complexity index is 1400.